The van der Waals surface area contributed by atoms with Gasteiger partial charge < -0.3 is 14.4 Å². The Balaban J connectivity index is 1.42. The Hall–Kier alpha value is -2.46. The van der Waals surface area contributed by atoms with Gasteiger partial charge in [0.1, 0.15) is 5.75 Å². The molecule has 35 heavy (non-hydrogen) atoms. The van der Waals surface area contributed by atoms with Gasteiger partial charge in [0.25, 0.3) is 5.91 Å². The second-order valence-corrected chi connectivity index (χ2v) is 10.9. The summed E-state index contributed by atoms with van der Waals surface area (Å²) in [7, 11) is -2.32. The summed E-state index contributed by atoms with van der Waals surface area (Å²) in [6, 6.07) is 12.4. The van der Waals surface area contributed by atoms with E-state index in [0.29, 0.717) is 18.8 Å². The number of carbonyl (C=O) groups is 1. The van der Waals surface area contributed by atoms with Crippen molar-refractivity contribution in [2.75, 3.05) is 46.5 Å². The van der Waals surface area contributed by atoms with Gasteiger partial charge in [-0.05, 0) is 42.2 Å². The lowest BCUT2D eigenvalue weighted by atomic mass is 10.1. The van der Waals surface area contributed by atoms with E-state index in [0.717, 1.165) is 64.1 Å². The topological polar surface area (TPSA) is 88.2 Å². The quantitative estimate of drug-likeness (QED) is 0.598. The SMILES string of the molecule is COc1ccc(S(=O)(=O)NCc2ccc(CN3CCOCC3)cc2)cc1C(=O)N1CCCCCC1. The smallest absolute Gasteiger partial charge is 0.257 e. The Labute approximate surface area is 208 Å². The van der Waals surface area contributed by atoms with Crippen LogP contribution < -0.4 is 9.46 Å². The van der Waals surface area contributed by atoms with Crippen molar-refractivity contribution >= 4 is 15.9 Å². The molecule has 2 saturated heterocycles. The molecule has 0 radical (unpaired) electrons. The van der Waals surface area contributed by atoms with Crippen LogP contribution in [0.4, 0.5) is 0 Å². The molecule has 0 spiro atoms. The van der Waals surface area contributed by atoms with Gasteiger partial charge in [0.15, 0.2) is 0 Å². The minimum absolute atomic E-state index is 0.0559. The summed E-state index contributed by atoms with van der Waals surface area (Å²) in [4.78, 5) is 17.4. The van der Waals surface area contributed by atoms with Crippen molar-refractivity contribution in [2.24, 2.45) is 0 Å². The number of hydrogen-bond acceptors (Lipinski definition) is 6. The highest BCUT2D eigenvalue weighted by Gasteiger charge is 2.24. The number of hydrogen-bond donors (Lipinski definition) is 1. The largest absolute Gasteiger partial charge is 0.496 e. The highest BCUT2D eigenvalue weighted by Crippen LogP contribution is 2.25. The van der Waals surface area contributed by atoms with Crippen molar-refractivity contribution in [3.63, 3.8) is 0 Å². The summed E-state index contributed by atoms with van der Waals surface area (Å²) < 4.78 is 39.5. The van der Waals surface area contributed by atoms with E-state index in [9.17, 15) is 13.2 Å². The maximum atomic E-state index is 13.2. The van der Waals surface area contributed by atoms with E-state index in [-0.39, 0.29) is 22.9 Å². The number of benzene rings is 2. The molecule has 0 aliphatic carbocycles. The summed E-state index contributed by atoms with van der Waals surface area (Å²) in [5.74, 6) is 0.200. The van der Waals surface area contributed by atoms with E-state index in [1.807, 2.05) is 24.3 Å². The van der Waals surface area contributed by atoms with Crippen LogP contribution >= 0.6 is 0 Å². The van der Waals surface area contributed by atoms with Crippen LogP contribution in [0.5, 0.6) is 5.75 Å². The molecule has 0 unspecified atom stereocenters. The molecule has 2 aromatic carbocycles. The second-order valence-electron chi connectivity index (χ2n) is 9.10. The Bertz CT molecular complexity index is 1090. The van der Waals surface area contributed by atoms with Crippen molar-refractivity contribution in [1.82, 2.24) is 14.5 Å². The van der Waals surface area contributed by atoms with Gasteiger partial charge in [-0.3, -0.25) is 9.69 Å². The Morgan fingerprint density at radius 1 is 0.943 bits per heavy atom. The fourth-order valence-corrected chi connectivity index (χ4v) is 5.55. The molecule has 0 saturated carbocycles. The average molecular weight is 502 g/mol. The maximum absolute atomic E-state index is 13.2. The third-order valence-electron chi connectivity index (χ3n) is 6.60. The normalized spacial score (nSPS) is 17.7. The van der Waals surface area contributed by atoms with Crippen LogP contribution in [0.25, 0.3) is 0 Å². The molecular formula is C26H35N3O5S. The molecule has 1 N–H and O–H groups in total. The number of rotatable bonds is 8. The number of amides is 1. The zero-order chi connectivity index (χ0) is 24.7. The molecule has 1 amide bonds. The molecule has 190 valence electrons. The van der Waals surface area contributed by atoms with Crippen LogP contribution in [-0.2, 0) is 27.8 Å². The lowest BCUT2D eigenvalue weighted by molar-refractivity contribution is 0.0342. The van der Waals surface area contributed by atoms with E-state index in [1.165, 1.54) is 24.8 Å². The van der Waals surface area contributed by atoms with Gasteiger partial charge in [-0.15, -0.1) is 0 Å². The Morgan fingerprint density at radius 2 is 1.60 bits per heavy atom. The van der Waals surface area contributed by atoms with E-state index >= 15 is 0 Å². The molecule has 2 heterocycles. The third kappa shape index (κ3) is 6.82. The van der Waals surface area contributed by atoms with Gasteiger partial charge in [0, 0.05) is 39.3 Å². The van der Waals surface area contributed by atoms with E-state index in [2.05, 4.69) is 9.62 Å². The molecule has 2 fully saturated rings. The first kappa shape index (κ1) is 25.6. The first-order valence-electron chi connectivity index (χ1n) is 12.3. The molecule has 2 aliphatic heterocycles. The van der Waals surface area contributed by atoms with Crippen molar-refractivity contribution in [1.29, 1.82) is 0 Å². The molecule has 4 rings (SSSR count). The van der Waals surface area contributed by atoms with E-state index < -0.39 is 10.0 Å². The minimum atomic E-state index is -3.81. The molecule has 0 aromatic heterocycles. The summed E-state index contributed by atoms with van der Waals surface area (Å²) in [6.45, 7) is 5.75. The maximum Gasteiger partial charge on any atom is 0.257 e. The van der Waals surface area contributed by atoms with E-state index in [1.54, 1.807) is 11.0 Å². The van der Waals surface area contributed by atoms with Crippen LogP contribution in [0, 0.1) is 0 Å². The van der Waals surface area contributed by atoms with Gasteiger partial charge in [0.2, 0.25) is 10.0 Å². The van der Waals surface area contributed by atoms with Gasteiger partial charge in [-0.1, -0.05) is 37.1 Å². The fraction of sp³-hybridized carbons (Fsp3) is 0.500. The van der Waals surface area contributed by atoms with Crippen LogP contribution in [0.15, 0.2) is 47.4 Å². The standard InChI is InChI=1S/C26H35N3O5S/c1-33-25-11-10-23(18-24(25)26(30)29-12-4-2-3-5-13-29)35(31,32)27-19-21-6-8-22(9-7-21)20-28-14-16-34-17-15-28/h6-11,18,27H,2-5,12-17,19-20H2,1H3. The van der Waals surface area contributed by atoms with Gasteiger partial charge in [-0.25, -0.2) is 13.1 Å². The summed E-state index contributed by atoms with van der Waals surface area (Å²) >= 11 is 0. The molecule has 0 atom stereocenters. The van der Waals surface area contributed by atoms with Crippen LogP contribution in [0.1, 0.15) is 47.2 Å². The number of ether oxygens (including phenoxy) is 2. The predicted octanol–water partition coefficient (Wildman–Crippen LogP) is 3.02. The molecule has 2 aromatic rings. The zero-order valence-electron chi connectivity index (χ0n) is 20.4. The second kappa shape index (κ2) is 12.0. The Morgan fingerprint density at radius 3 is 2.26 bits per heavy atom. The molecular weight excluding hydrogens is 466 g/mol. The number of nitrogens with one attached hydrogen (secondary N) is 1. The van der Waals surface area contributed by atoms with E-state index in [4.69, 9.17) is 9.47 Å². The van der Waals surface area contributed by atoms with Gasteiger partial charge in [-0.2, -0.15) is 0 Å². The minimum Gasteiger partial charge on any atom is -0.496 e. The van der Waals surface area contributed by atoms with Crippen molar-refractivity contribution in [2.45, 2.75) is 43.7 Å². The molecule has 8 nitrogen and oxygen atoms in total. The third-order valence-corrected chi connectivity index (χ3v) is 8.00. The highest BCUT2D eigenvalue weighted by molar-refractivity contribution is 7.89. The summed E-state index contributed by atoms with van der Waals surface area (Å²) in [6.07, 6.45) is 4.12. The number of methoxy groups -OCH3 is 1. The first-order chi connectivity index (χ1) is 17.0. The highest BCUT2D eigenvalue weighted by atomic mass is 32.2. The monoisotopic (exact) mass is 501 g/mol. The number of nitrogens with zero attached hydrogens (tertiary/aromatic N) is 2. The van der Waals surface area contributed by atoms with Crippen LogP contribution in [-0.4, -0.2) is 70.6 Å². The summed E-state index contributed by atoms with van der Waals surface area (Å²) in [5, 5.41) is 0. The van der Waals surface area contributed by atoms with Crippen molar-refractivity contribution < 1.29 is 22.7 Å². The average Bonchev–Trinajstić information content (AvgIpc) is 3.18. The first-order valence-corrected chi connectivity index (χ1v) is 13.8. The predicted molar refractivity (Wildman–Crippen MR) is 134 cm³/mol. The summed E-state index contributed by atoms with van der Waals surface area (Å²) in [5.41, 5.74) is 2.34. The van der Waals surface area contributed by atoms with Gasteiger partial charge >= 0.3 is 0 Å². The van der Waals surface area contributed by atoms with Crippen molar-refractivity contribution in [3.8, 4) is 5.75 Å². The lowest BCUT2D eigenvalue weighted by Gasteiger charge is -2.26. The molecule has 0 bridgehead atoms. The van der Waals surface area contributed by atoms with Gasteiger partial charge in [0.05, 0.1) is 30.8 Å². The number of carbonyl (C=O) groups excluding carboxylic acids is 1. The molecule has 2 aliphatic rings. The zero-order valence-corrected chi connectivity index (χ0v) is 21.2. The van der Waals surface area contributed by atoms with Crippen LogP contribution in [0.3, 0.4) is 0 Å². The number of likely N-dealkylation sites (tertiary alicyclic amines) is 1. The number of morpholine rings is 1. The fourth-order valence-electron chi connectivity index (χ4n) is 4.51. The van der Waals surface area contributed by atoms with Crippen molar-refractivity contribution in [3.05, 3.63) is 59.2 Å². The number of sulfonamides is 1. The lowest BCUT2D eigenvalue weighted by Crippen LogP contribution is -2.35. The molecule has 9 heteroatoms. The Kier molecular flexibility index (Phi) is 8.78. The van der Waals surface area contributed by atoms with Crippen LogP contribution in [0.2, 0.25) is 0 Å².